The second-order valence-corrected chi connectivity index (χ2v) is 5.56. The fourth-order valence-corrected chi connectivity index (χ4v) is 2.72. The van der Waals surface area contributed by atoms with Crippen molar-refractivity contribution in [2.75, 3.05) is 29.2 Å². The minimum absolute atomic E-state index is 0.00773. The Bertz CT molecular complexity index is 776. The molecule has 2 N–H and O–H groups in total. The van der Waals surface area contributed by atoms with E-state index >= 15 is 0 Å². The van der Waals surface area contributed by atoms with Crippen molar-refractivity contribution in [3.63, 3.8) is 0 Å². The van der Waals surface area contributed by atoms with E-state index < -0.39 is 6.04 Å². The van der Waals surface area contributed by atoms with Gasteiger partial charge in [-0.25, -0.2) is 0 Å². The fourth-order valence-electron chi connectivity index (χ4n) is 2.72. The first-order valence-corrected chi connectivity index (χ1v) is 7.70. The lowest BCUT2D eigenvalue weighted by molar-refractivity contribution is -0.122. The van der Waals surface area contributed by atoms with Gasteiger partial charge in [-0.3, -0.25) is 14.5 Å². The second-order valence-electron chi connectivity index (χ2n) is 5.56. The molecular formula is C18H19N3O3. The number of nitrogens with one attached hydrogen (secondary N) is 2. The van der Waals surface area contributed by atoms with Gasteiger partial charge in [-0.1, -0.05) is 24.3 Å². The average Bonchev–Trinajstić information content (AvgIpc) is 2.60. The van der Waals surface area contributed by atoms with Crippen molar-refractivity contribution in [3.8, 4) is 5.75 Å². The van der Waals surface area contributed by atoms with Gasteiger partial charge in [-0.2, -0.15) is 0 Å². The summed E-state index contributed by atoms with van der Waals surface area (Å²) in [6.07, 6.45) is 0. The lowest BCUT2D eigenvalue weighted by atomic mass is 10.1. The van der Waals surface area contributed by atoms with Gasteiger partial charge in [0.1, 0.15) is 18.3 Å². The lowest BCUT2D eigenvalue weighted by Gasteiger charge is -2.31. The van der Waals surface area contributed by atoms with E-state index in [0.29, 0.717) is 17.1 Å². The maximum Gasteiger partial charge on any atom is 0.249 e. The lowest BCUT2D eigenvalue weighted by Crippen LogP contribution is -2.47. The first-order valence-electron chi connectivity index (χ1n) is 7.70. The number of carbonyl (C=O) groups is 2. The normalized spacial score (nSPS) is 14.4. The highest BCUT2D eigenvalue weighted by Gasteiger charge is 2.29. The zero-order valence-corrected chi connectivity index (χ0v) is 13.6. The Hall–Kier alpha value is -3.02. The van der Waals surface area contributed by atoms with Crippen molar-refractivity contribution in [1.29, 1.82) is 0 Å². The number of rotatable bonds is 4. The van der Waals surface area contributed by atoms with Crippen LogP contribution in [0.4, 0.5) is 17.1 Å². The number of amides is 2. The molecule has 0 bridgehead atoms. The first kappa shape index (κ1) is 15.9. The molecule has 24 heavy (non-hydrogen) atoms. The molecule has 0 aromatic heterocycles. The Kier molecular flexibility index (Phi) is 4.37. The van der Waals surface area contributed by atoms with E-state index in [0.717, 1.165) is 5.69 Å². The van der Waals surface area contributed by atoms with Gasteiger partial charge in [0.25, 0.3) is 0 Å². The SMILES string of the molecule is COc1ccccc1NC(C)C(=O)N1CC(=O)Nc2ccccc21. The standard InChI is InChI=1S/C18H19N3O3/c1-12(19-14-8-4-6-10-16(14)24-2)18(23)21-11-17(22)20-13-7-3-5-9-15(13)21/h3-10,12,19H,11H2,1-2H3,(H,20,22). The first-order chi connectivity index (χ1) is 11.6. The Labute approximate surface area is 140 Å². The second kappa shape index (κ2) is 6.62. The molecule has 3 rings (SSSR count). The van der Waals surface area contributed by atoms with E-state index in [2.05, 4.69) is 10.6 Å². The highest BCUT2D eigenvalue weighted by atomic mass is 16.5. The van der Waals surface area contributed by atoms with Crippen molar-refractivity contribution >= 4 is 28.9 Å². The maximum atomic E-state index is 12.9. The summed E-state index contributed by atoms with van der Waals surface area (Å²) in [4.78, 5) is 26.2. The molecule has 6 heteroatoms. The fraction of sp³-hybridized carbons (Fsp3) is 0.222. The minimum Gasteiger partial charge on any atom is -0.495 e. The van der Waals surface area contributed by atoms with Crippen LogP contribution in [0.2, 0.25) is 0 Å². The molecule has 2 amide bonds. The summed E-state index contributed by atoms with van der Waals surface area (Å²) < 4.78 is 5.29. The van der Waals surface area contributed by atoms with Gasteiger partial charge in [0.15, 0.2) is 0 Å². The van der Waals surface area contributed by atoms with Gasteiger partial charge in [0.05, 0.1) is 24.2 Å². The molecule has 6 nitrogen and oxygen atoms in total. The molecule has 0 saturated heterocycles. The molecule has 0 aliphatic carbocycles. The summed E-state index contributed by atoms with van der Waals surface area (Å²) in [5.74, 6) is 0.281. The Balaban J connectivity index is 1.82. The smallest absolute Gasteiger partial charge is 0.249 e. The van der Waals surface area contributed by atoms with Crippen molar-refractivity contribution < 1.29 is 14.3 Å². The number of ether oxygens (including phenoxy) is 1. The number of para-hydroxylation sites is 4. The van der Waals surface area contributed by atoms with Gasteiger partial charge in [0, 0.05) is 0 Å². The zero-order valence-electron chi connectivity index (χ0n) is 13.6. The van der Waals surface area contributed by atoms with Crippen LogP contribution in [0.3, 0.4) is 0 Å². The van der Waals surface area contributed by atoms with Gasteiger partial charge in [0.2, 0.25) is 11.8 Å². The monoisotopic (exact) mass is 325 g/mol. The molecular weight excluding hydrogens is 306 g/mol. The minimum atomic E-state index is -0.514. The molecule has 1 aliphatic heterocycles. The summed E-state index contributed by atoms with van der Waals surface area (Å²) in [5.41, 5.74) is 2.08. The molecule has 124 valence electrons. The molecule has 1 atom stereocenters. The number of methoxy groups -OCH3 is 1. The third-order valence-corrected chi connectivity index (χ3v) is 3.89. The van der Waals surface area contributed by atoms with Crippen LogP contribution in [0.15, 0.2) is 48.5 Å². The number of benzene rings is 2. The third-order valence-electron chi connectivity index (χ3n) is 3.89. The summed E-state index contributed by atoms with van der Waals surface area (Å²) in [6, 6.07) is 14.2. The molecule has 2 aromatic rings. The highest BCUT2D eigenvalue weighted by Crippen LogP contribution is 2.30. The number of anilines is 3. The predicted octanol–water partition coefficient (Wildman–Crippen LogP) is 2.48. The van der Waals surface area contributed by atoms with Crippen LogP contribution in [0.25, 0.3) is 0 Å². The molecule has 2 aromatic carbocycles. The zero-order chi connectivity index (χ0) is 17.1. The molecule has 1 aliphatic rings. The molecule has 0 radical (unpaired) electrons. The summed E-state index contributed by atoms with van der Waals surface area (Å²) in [5, 5.41) is 5.93. The summed E-state index contributed by atoms with van der Waals surface area (Å²) in [6.45, 7) is 1.78. The third kappa shape index (κ3) is 3.03. The Morgan fingerprint density at radius 1 is 1.21 bits per heavy atom. The maximum absolute atomic E-state index is 12.9. The largest absolute Gasteiger partial charge is 0.495 e. The molecule has 1 unspecified atom stereocenters. The van der Waals surface area contributed by atoms with Gasteiger partial charge >= 0.3 is 0 Å². The number of fused-ring (bicyclic) bond motifs is 1. The predicted molar refractivity (Wildman–Crippen MR) is 93.5 cm³/mol. The number of carbonyl (C=O) groups excluding carboxylic acids is 2. The molecule has 0 saturated carbocycles. The van der Waals surface area contributed by atoms with Crippen LogP contribution in [0, 0.1) is 0 Å². The van der Waals surface area contributed by atoms with E-state index in [-0.39, 0.29) is 18.4 Å². The summed E-state index contributed by atoms with van der Waals surface area (Å²) >= 11 is 0. The van der Waals surface area contributed by atoms with Crippen LogP contribution in [-0.2, 0) is 9.59 Å². The number of nitrogens with zero attached hydrogens (tertiary/aromatic N) is 1. The Morgan fingerprint density at radius 2 is 1.92 bits per heavy atom. The van der Waals surface area contributed by atoms with E-state index in [1.54, 1.807) is 20.1 Å². The molecule has 0 spiro atoms. The van der Waals surface area contributed by atoms with Crippen molar-refractivity contribution in [2.45, 2.75) is 13.0 Å². The van der Waals surface area contributed by atoms with E-state index in [9.17, 15) is 9.59 Å². The quantitative estimate of drug-likeness (QED) is 0.906. The topological polar surface area (TPSA) is 70.7 Å². The van der Waals surface area contributed by atoms with Crippen molar-refractivity contribution in [1.82, 2.24) is 0 Å². The van der Waals surface area contributed by atoms with Crippen LogP contribution < -0.4 is 20.3 Å². The van der Waals surface area contributed by atoms with Crippen molar-refractivity contribution in [2.24, 2.45) is 0 Å². The molecule has 1 heterocycles. The van der Waals surface area contributed by atoms with E-state index in [1.165, 1.54) is 4.90 Å². The number of hydrogen-bond donors (Lipinski definition) is 2. The van der Waals surface area contributed by atoms with Crippen LogP contribution in [-0.4, -0.2) is 31.5 Å². The van der Waals surface area contributed by atoms with E-state index in [1.807, 2.05) is 42.5 Å². The average molecular weight is 325 g/mol. The van der Waals surface area contributed by atoms with Crippen LogP contribution in [0.5, 0.6) is 5.75 Å². The van der Waals surface area contributed by atoms with E-state index in [4.69, 9.17) is 4.74 Å². The van der Waals surface area contributed by atoms with Gasteiger partial charge in [-0.15, -0.1) is 0 Å². The van der Waals surface area contributed by atoms with Gasteiger partial charge < -0.3 is 15.4 Å². The Morgan fingerprint density at radius 3 is 2.71 bits per heavy atom. The van der Waals surface area contributed by atoms with Gasteiger partial charge in [-0.05, 0) is 31.2 Å². The summed E-state index contributed by atoms with van der Waals surface area (Å²) in [7, 11) is 1.58. The van der Waals surface area contributed by atoms with Crippen molar-refractivity contribution in [3.05, 3.63) is 48.5 Å². The highest BCUT2D eigenvalue weighted by molar-refractivity contribution is 6.11. The van der Waals surface area contributed by atoms with Crippen LogP contribution in [0.1, 0.15) is 6.92 Å². The molecule has 0 fully saturated rings. The van der Waals surface area contributed by atoms with Crippen LogP contribution >= 0.6 is 0 Å². The number of hydrogen-bond acceptors (Lipinski definition) is 4.